The predicted molar refractivity (Wildman–Crippen MR) is 80.2 cm³/mol. The number of nitrogens with one attached hydrogen (secondary N) is 1. The molecule has 104 valence electrons. The Morgan fingerprint density at radius 3 is 2.71 bits per heavy atom. The summed E-state index contributed by atoms with van der Waals surface area (Å²) in [6.07, 6.45) is 4.95. The lowest BCUT2D eigenvalue weighted by molar-refractivity contribution is 0.102. The second kappa shape index (κ2) is 5.46. The van der Waals surface area contributed by atoms with Gasteiger partial charge in [-0.15, -0.1) is 0 Å². The number of rotatable bonds is 3. The molecule has 0 radical (unpaired) electrons. The molecule has 0 saturated carbocycles. The van der Waals surface area contributed by atoms with Crippen LogP contribution in [0.2, 0.25) is 0 Å². The van der Waals surface area contributed by atoms with E-state index in [4.69, 9.17) is 5.73 Å². The van der Waals surface area contributed by atoms with E-state index in [1.54, 1.807) is 23.0 Å². The van der Waals surface area contributed by atoms with E-state index in [0.717, 1.165) is 5.69 Å². The molecule has 6 heteroatoms. The summed E-state index contributed by atoms with van der Waals surface area (Å²) in [6, 6.07) is 12.5. The van der Waals surface area contributed by atoms with Crippen LogP contribution in [-0.2, 0) is 0 Å². The molecule has 0 saturated heterocycles. The first kappa shape index (κ1) is 12.9. The third-order valence-electron chi connectivity index (χ3n) is 2.92. The van der Waals surface area contributed by atoms with Gasteiger partial charge in [0.05, 0.1) is 23.3 Å². The minimum atomic E-state index is -0.297. The Balaban J connectivity index is 1.88. The number of nitrogens with two attached hydrogens (primary N) is 1. The van der Waals surface area contributed by atoms with Gasteiger partial charge in [-0.2, -0.15) is 5.10 Å². The molecule has 0 unspecified atom stereocenters. The number of pyridine rings is 1. The number of anilines is 2. The molecule has 0 aliphatic carbocycles. The number of amides is 1. The number of aromatic nitrogens is 3. The van der Waals surface area contributed by atoms with Gasteiger partial charge in [0.25, 0.3) is 5.91 Å². The maximum atomic E-state index is 12.2. The van der Waals surface area contributed by atoms with Crippen LogP contribution in [0.1, 0.15) is 10.5 Å². The second-order valence-corrected chi connectivity index (χ2v) is 4.40. The number of nitrogens with zero attached hydrogens (tertiary/aromatic N) is 3. The van der Waals surface area contributed by atoms with Crippen LogP contribution in [0.4, 0.5) is 11.4 Å². The molecule has 6 nitrogen and oxygen atoms in total. The van der Waals surface area contributed by atoms with Gasteiger partial charge >= 0.3 is 0 Å². The SMILES string of the molecule is Nc1ccc(C(=O)Nc2ccccc2-n2cccn2)nc1. The Bertz CT molecular complexity index is 750. The van der Waals surface area contributed by atoms with Crippen molar-refractivity contribution in [2.75, 3.05) is 11.1 Å². The molecule has 3 aromatic rings. The van der Waals surface area contributed by atoms with Crippen LogP contribution >= 0.6 is 0 Å². The van der Waals surface area contributed by atoms with Crippen molar-refractivity contribution in [3.63, 3.8) is 0 Å². The van der Waals surface area contributed by atoms with Crippen LogP contribution in [0.3, 0.4) is 0 Å². The van der Waals surface area contributed by atoms with Crippen molar-refractivity contribution in [1.82, 2.24) is 14.8 Å². The van der Waals surface area contributed by atoms with Gasteiger partial charge in [0.1, 0.15) is 5.69 Å². The summed E-state index contributed by atoms with van der Waals surface area (Å²) in [5.74, 6) is -0.297. The largest absolute Gasteiger partial charge is 0.397 e. The molecule has 1 amide bonds. The van der Waals surface area contributed by atoms with E-state index >= 15 is 0 Å². The standard InChI is InChI=1S/C15H13N5O/c16-11-6-7-13(17-10-11)15(21)19-12-4-1-2-5-14(12)20-9-3-8-18-20/h1-10H,16H2,(H,19,21). The summed E-state index contributed by atoms with van der Waals surface area (Å²) in [6.45, 7) is 0. The molecule has 0 bridgehead atoms. The van der Waals surface area contributed by atoms with Crippen LogP contribution in [0.25, 0.3) is 5.69 Å². The lowest BCUT2D eigenvalue weighted by Gasteiger charge is -2.10. The van der Waals surface area contributed by atoms with Crippen LogP contribution in [0, 0.1) is 0 Å². The Kier molecular flexibility index (Phi) is 3.34. The van der Waals surface area contributed by atoms with Gasteiger partial charge in [0.15, 0.2) is 0 Å². The van der Waals surface area contributed by atoms with Gasteiger partial charge in [0.2, 0.25) is 0 Å². The first-order chi connectivity index (χ1) is 10.2. The zero-order chi connectivity index (χ0) is 14.7. The van der Waals surface area contributed by atoms with E-state index < -0.39 is 0 Å². The molecule has 3 N–H and O–H groups in total. The summed E-state index contributed by atoms with van der Waals surface area (Å²) < 4.78 is 1.69. The van der Waals surface area contributed by atoms with Crippen molar-refractivity contribution < 1.29 is 4.79 Å². The van der Waals surface area contributed by atoms with Gasteiger partial charge in [0, 0.05) is 12.4 Å². The van der Waals surface area contributed by atoms with Gasteiger partial charge in [-0.1, -0.05) is 12.1 Å². The van der Waals surface area contributed by atoms with Crippen molar-refractivity contribution in [2.45, 2.75) is 0 Å². The average Bonchev–Trinajstić information content (AvgIpc) is 3.02. The first-order valence-corrected chi connectivity index (χ1v) is 6.36. The lowest BCUT2D eigenvalue weighted by atomic mass is 10.2. The Hall–Kier alpha value is -3.15. The normalized spacial score (nSPS) is 10.3. The van der Waals surface area contributed by atoms with Crippen LogP contribution in [-0.4, -0.2) is 20.7 Å². The van der Waals surface area contributed by atoms with Gasteiger partial charge < -0.3 is 11.1 Å². The van der Waals surface area contributed by atoms with Crippen LogP contribution in [0.5, 0.6) is 0 Å². The third kappa shape index (κ3) is 2.74. The molecule has 0 atom stereocenters. The number of benzene rings is 1. The Morgan fingerprint density at radius 2 is 2.00 bits per heavy atom. The average molecular weight is 279 g/mol. The highest BCUT2D eigenvalue weighted by Gasteiger charge is 2.11. The highest BCUT2D eigenvalue weighted by molar-refractivity contribution is 6.04. The molecule has 0 spiro atoms. The lowest BCUT2D eigenvalue weighted by Crippen LogP contribution is -2.15. The maximum absolute atomic E-state index is 12.2. The van der Waals surface area contributed by atoms with E-state index in [1.165, 1.54) is 6.20 Å². The zero-order valence-electron chi connectivity index (χ0n) is 11.1. The highest BCUT2D eigenvalue weighted by atomic mass is 16.1. The van der Waals surface area contributed by atoms with Crippen molar-refractivity contribution in [1.29, 1.82) is 0 Å². The summed E-state index contributed by atoms with van der Waals surface area (Å²) >= 11 is 0. The number of para-hydroxylation sites is 2. The molecule has 0 aliphatic heterocycles. The molecule has 21 heavy (non-hydrogen) atoms. The zero-order valence-corrected chi connectivity index (χ0v) is 11.1. The number of nitrogen functional groups attached to an aromatic ring is 1. The highest BCUT2D eigenvalue weighted by Crippen LogP contribution is 2.19. The minimum Gasteiger partial charge on any atom is -0.397 e. The summed E-state index contributed by atoms with van der Waals surface area (Å²) in [4.78, 5) is 16.2. The predicted octanol–water partition coefficient (Wildman–Crippen LogP) is 2.10. The van der Waals surface area contributed by atoms with E-state index in [9.17, 15) is 4.79 Å². The molecule has 3 rings (SSSR count). The fourth-order valence-corrected chi connectivity index (χ4v) is 1.92. The van der Waals surface area contributed by atoms with Gasteiger partial charge in [-0.05, 0) is 30.3 Å². The Labute approximate surface area is 121 Å². The molecule has 0 fully saturated rings. The quantitative estimate of drug-likeness (QED) is 0.768. The number of hydrogen-bond donors (Lipinski definition) is 2. The second-order valence-electron chi connectivity index (χ2n) is 4.40. The van der Waals surface area contributed by atoms with E-state index in [-0.39, 0.29) is 5.91 Å². The van der Waals surface area contributed by atoms with Crippen LogP contribution < -0.4 is 11.1 Å². The van der Waals surface area contributed by atoms with Crippen LogP contribution in [0.15, 0.2) is 61.1 Å². The minimum absolute atomic E-state index is 0.297. The molecular weight excluding hydrogens is 266 g/mol. The smallest absolute Gasteiger partial charge is 0.274 e. The van der Waals surface area contributed by atoms with Gasteiger partial charge in [-0.25, -0.2) is 9.67 Å². The molecular formula is C15H13N5O. The first-order valence-electron chi connectivity index (χ1n) is 6.36. The summed E-state index contributed by atoms with van der Waals surface area (Å²) in [7, 11) is 0. The van der Waals surface area contributed by atoms with Crippen molar-refractivity contribution >= 4 is 17.3 Å². The van der Waals surface area contributed by atoms with E-state index in [0.29, 0.717) is 17.1 Å². The third-order valence-corrected chi connectivity index (χ3v) is 2.92. The molecule has 2 aromatic heterocycles. The molecule has 1 aromatic carbocycles. The fourth-order valence-electron chi connectivity index (χ4n) is 1.92. The number of carbonyl (C=O) groups excluding carboxylic acids is 1. The van der Waals surface area contributed by atoms with E-state index in [1.807, 2.05) is 36.5 Å². The van der Waals surface area contributed by atoms with Crippen molar-refractivity contribution in [3.8, 4) is 5.69 Å². The van der Waals surface area contributed by atoms with Crippen molar-refractivity contribution in [3.05, 3.63) is 66.7 Å². The number of carbonyl (C=O) groups is 1. The Morgan fingerprint density at radius 1 is 1.14 bits per heavy atom. The topological polar surface area (TPSA) is 85.8 Å². The van der Waals surface area contributed by atoms with Gasteiger partial charge in [-0.3, -0.25) is 4.79 Å². The molecule has 0 aliphatic rings. The fraction of sp³-hybridized carbons (Fsp3) is 0. The van der Waals surface area contributed by atoms with E-state index in [2.05, 4.69) is 15.4 Å². The summed E-state index contributed by atoms with van der Waals surface area (Å²) in [5, 5.41) is 7.00. The van der Waals surface area contributed by atoms with Crippen molar-refractivity contribution in [2.24, 2.45) is 0 Å². The molecule has 2 heterocycles. The monoisotopic (exact) mass is 279 g/mol. The number of hydrogen-bond acceptors (Lipinski definition) is 4. The summed E-state index contributed by atoms with van der Waals surface area (Å²) in [5.41, 5.74) is 7.82. The maximum Gasteiger partial charge on any atom is 0.274 e.